The normalized spacial score (nSPS) is 22.3. The first-order valence-electron chi connectivity index (χ1n) is 5.28. The fraction of sp³-hybridized carbons (Fsp3) is 0.800. The fourth-order valence-electron chi connectivity index (χ4n) is 1.86. The van der Waals surface area contributed by atoms with E-state index in [-0.39, 0.29) is 18.5 Å². The second-order valence-corrected chi connectivity index (χ2v) is 4.00. The van der Waals surface area contributed by atoms with Crippen molar-refractivity contribution in [3.8, 4) is 0 Å². The molecule has 0 aliphatic carbocycles. The molecule has 2 N–H and O–H groups in total. The van der Waals surface area contributed by atoms with Gasteiger partial charge in [-0.2, -0.15) is 0 Å². The van der Waals surface area contributed by atoms with E-state index in [0.29, 0.717) is 6.42 Å². The minimum absolute atomic E-state index is 0.170. The number of hydrogen-bond donors (Lipinski definition) is 2. The van der Waals surface area contributed by atoms with Crippen LogP contribution in [0.3, 0.4) is 0 Å². The van der Waals surface area contributed by atoms with Crippen molar-refractivity contribution in [1.82, 2.24) is 10.2 Å². The van der Waals surface area contributed by atoms with Crippen molar-refractivity contribution in [2.45, 2.75) is 31.7 Å². The van der Waals surface area contributed by atoms with Crippen LogP contribution in [0.2, 0.25) is 0 Å². The molecule has 15 heavy (non-hydrogen) atoms. The molecule has 86 valence electrons. The van der Waals surface area contributed by atoms with Gasteiger partial charge in [0.15, 0.2) is 0 Å². The first-order chi connectivity index (χ1) is 7.09. The maximum Gasteiger partial charge on any atom is 0.322 e. The van der Waals surface area contributed by atoms with Gasteiger partial charge in [0.2, 0.25) is 5.91 Å². The number of nitrogens with zero attached hydrogens (tertiary/aromatic N) is 1. The van der Waals surface area contributed by atoms with E-state index < -0.39 is 5.97 Å². The molecule has 0 aromatic heterocycles. The van der Waals surface area contributed by atoms with Crippen molar-refractivity contribution in [2.24, 2.45) is 0 Å². The van der Waals surface area contributed by atoms with Crippen LogP contribution in [0, 0.1) is 0 Å². The molecular formula is C10H18N2O3. The average molecular weight is 214 g/mol. The van der Waals surface area contributed by atoms with E-state index in [1.165, 1.54) is 6.42 Å². The summed E-state index contributed by atoms with van der Waals surface area (Å²) in [6.45, 7) is 0.742. The van der Waals surface area contributed by atoms with Crippen molar-refractivity contribution in [1.29, 1.82) is 0 Å². The van der Waals surface area contributed by atoms with E-state index in [1.807, 2.05) is 7.05 Å². The largest absolute Gasteiger partial charge is 0.480 e. The van der Waals surface area contributed by atoms with Gasteiger partial charge in [0.1, 0.15) is 6.54 Å². The van der Waals surface area contributed by atoms with E-state index >= 15 is 0 Å². The molecule has 1 atom stereocenters. The second-order valence-electron chi connectivity index (χ2n) is 4.00. The van der Waals surface area contributed by atoms with Crippen molar-refractivity contribution >= 4 is 11.9 Å². The molecule has 1 amide bonds. The number of likely N-dealkylation sites (tertiary alicyclic amines) is 1. The van der Waals surface area contributed by atoms with Crippen LogP contribution in [-0.4, -0.2) is 48.1 Å². The van der Waals surface area contributed by atoms with E-state index in [0.717, 1.165) is 19.4 Å². The molecule has 0 aromatic rings. The molecular weight excluding hydrogens is 196 g/mol. The lowest BCUT2D eigenvalue weighted by Gasteiger charge is -2.31. The lowest BCUT2D eigenvalue weighted by atomic mass is 10.00. The zero-order valence-electron chi connectivity index (χ0n) is 9.03. The Morgan fingerprint density at radius 1 is 1.47 bits per heavy atom. The topological polar surface area (TPSA) is 69.6 Å². The first kappa shape index (κ1) is 12.0. The Morgan fingerprint density at radius 3 is 2.80 bits per heavy atom. The van der Waals surface area contributed by atoms with Gasteiger partial charge in [0.05, 0.1) is 0 Å². The van der Waals surface area contributed by atoms with Crippen LogP contribution < -0.4 is 5.32 Å². The van der Waals surface area contributed by atoms with Gasteiger partial charge in [-0.05, 0) is 26.4 Å². The number of carboxylic acid groups (broad SMARTS) is 1. The highest BCUT2D eigenvalue weighted by molar-refractivity contribution is 5.81. The van der Waals surface area contributed by atoms with Gasteiger partial charge in [-0.3, -0.25) is 9.59 Å². The Bertz CT molecular complexity index is 243. The molecule has 0 saturated carbocycles. The Hall–Kier alpha value is -1.10. The van der Waals surface area contributed by atoms with Gasteiger partial charge in [-0.25, -0.2) is 0 Å². The van der Waals surface area contributed by atoms with E-state index in [2.05, 4.69) is 10.2 Å². The number of aliphatic carboxylic acids is 1. The number of nitrogens with one attached hydrogen (secondary N) is 1. The predicted molar refractivity (Wildman–Crippen MR) is 55.5 cm³/mol. The lowest BCUT2D eigenvalue weighted by Crippen LogP contribution is -2.41. The van der Waals surface area contributed by atoms with Crippen LogP contribution in [0.15, 0.2) is 0 Å². The van der Waals surface area contributed by atoms with Gasteiger partial charge in [0, 0.05) is 12.5 Å². The molecule has 1 saturated heterocycles. The molecule has 5 nitrogen and oxygen atoms in total. The van der Waals surface area contributed by atoms with Gasteiger partial charge < -0.3 is 15.3 Å². The molecule has 1 heterocycles. The maximum absolute atomic E-state index is 11.4. The molecule has 0 spiro atoms. The number of carboxylic acids is 1. The zero-order valence-corrected chi connectivity index (χ0v) is 9.03. The number of hydrogen-bond acceptors (Lipinski definition) is 3. The van der Waals surface area contributed by atoms with Crippen molar-refractivity contribution < 1.29 is 14.7 Å². The summed E-state index contributed by atoms with van der Waals surface area (Å²) >= 11 is 0. The summed E-state index contributed by atoms with van der Waals surface area (Å²) in [6.07, 6.45) is 3.77. The Balaban J connectivity index is 2.26. The van der Waals surface area contributed by atoms with Crippen LogP contribution in [-0.2, 0) is 9.59 Å². The summed E-state index contributed by atoms with van der Waals surface area (Å²) in [4.78, 5) is 23.8. The van der Waals surface area contributed by atoms with E-state index in [1.54, 1.807) is 0 Å². The van der Waals surface area contributed by atoms with Gasteiger partial charge >= 0.3 is 5.97 Å². The summed E-state index contributed by atoms with van der Waals surface area (Å²) in [5.74, 6) is -1.17. The highest BCUT2D eigenvalue weighted by Gasteiger charge is 2.21. The minimum atomic E-state index is -1.000. The van der Waals surface area contributed by atoms with Crippen LogP contribution in [0.1, 0.15) is 25.7 Å². The minimum Gasteiger partial charge on any atom is -0.480 e. The van der Waals surface area contributed by atoms with Crippen LogP contribution in [0.25, 0.3) is 0 Å². The second kappa shape index (κ2) is 5.70. The smallest absolute Gasteiger partial charge is 0.322 e. The first-order valence-corrected chi connectivity index (χ1v) is 5.28. The zero-order chi connectivity index (χ0) is 11.3. The number of carbonyl (C=O) groups is 2. The monoisotopic (exact) mass is 214 g/mol. The molecule has 1 rings (SSSR count). The third-order valence-electron chi connectivity index (χ3n) is 2.78. The van der Waals surface area contributed by atoms with Gasteiger partial charge in [0.25, 0.3) is 0 Å². The van der Waals surface area contributed by atoms with Crippen molar-refractivity contribution in [3.63, 3.8) is 0 Å². The number of amides is 1. The Labute approximate surface area is 89.4 Å². The highest BCUT2D eigenvalue weighted by Crippen LogP contribution is 2.17. The van der Waals surface area contributed by atoms with E-state index in [4.69, 9.17) is 5.11 Å². The van der Waals surface area contributed by atoms with E-state index in [9.17, 15) is 9.59 Å². The Kier molecular flexibility index (Phi) is 4.55. The molecule has 1 aliphatic rings. The average Bonchev–Trinajstić information content (AvgIpc) is 2.18. The van der Waals surface area contributed by atoms with Crippen LogP contribution in [0.5, 0.6) is 0 Å². The summed E-state index contributed by atoms with van der Waals surface area (Å²) in [7, 11) is 2.01. The molecule has 1 aliphatic heterocycles. The lowest BCUT2D eigenvalue weighted by molar-refractivity contribution is -0.138. The molecule has 1 unspecified atom stereocenters. The van der Waals surface area contributed by atoms with Crippen molar-refractivity contribution in [3.05, 3.63) is 0 Å². The standard InChI is InChI=1S/C10H18N2O3/c1-12-5-3-2-4-8(12)6-9(13)11-7-10(14)15/h8H,2-7H2,1H3,(H,11,13)(H,14,15). The third kappa shape index (κ3) is 4.29. The van der Waals surface area contributed by atoms with Gasteiger partial charge in [-0.1, -0.05) is 6.42 Å². The molecule has 0 aromatic carbocycles. The van der Waals surface area contributed by atoms with Crippen molar-refractivity contribution in [2.75, 3.05) is 20.1 Å². The summed E-state index contributed by atoms with van der Waals surface area (Å²) in [5.41, 5.74) is 0. The fourth-order valence-corrected chi connectivity index (χ4v) is 1.86. The Morgan fingerprint density at radius 2 is 2.20 bits per heavy atom. The quantitative estimate of drug-likeness (QED) is 0.694. The third-order valence-corrected chi connectivity index (χ3v) is 2.78. The number of rotatable bonds is 4. The molecule has 1 fully saturated rings. The van der Waals surface area contributed by atoms with Crippen LogP contribution in [0.4, 0.5) is 0 Å². The van der Waals surface area contributed by atoms with Gasteiger partial charge in [-0.15, -0.1) is 0 Å². The highest BCUT2D eigenvalue weighted by atomic mass is 16.4. The predicted octanol–water partition coefficient (Wildman–Crippen LogP) is 0.0616. The maximum atomic E-state index is 11.4. The molecule has 5 heteroatoms. The summed E-state index contributed by atoms with van der Waals surface area (Å²) < 4.78 is 0. The summed E-state index contributed by atoms with van der Waals surface area (Å²) in [5, 5.41) is 10.8. The SMILES string of the molecule is CN1CCCCC1CC(=O)NCC(=O)O. The van der Waals surface area contributed by atoms with Crippen LogP contribution >= 0.6 is 0 Å². The molecule has 0 radical (unpaired) electrons. The summed E-state index contributed by atoms with van der Waals surface area (Å²) in [6, 6.07) is 0.271. The number of piperidine rings is 1. The molecule has 0 bridgehead atoms. The number of carbonyl (C=O) groups excluding carboxylic acids is 1.